The number of methoxy groups -OCH3 is 1. The summed E-state index contributed by atoms with van der Waals surface area (Å²) >= 11 is 0. The molecular formula is C23H27N3O2. The Bertz CT molecular complexity index is 864. The third kappa shape index (κ3) is 3.84. The monoisotopic (exact) mass is 377 g/mol. The van der Waals surface area contributed by atoms with E-state index in [1.807, 2.05) is 30.3 Å². The Kier molecular flexibility index (Phi) is 5.25. The van der Waals surface area contributed by atoms with Gasteiger partial charge in [0, 0.05) is 37.7 Å². The summed E-state index contributed by atoms with van der Waals surface area (Å²) in [4.78, 5) is 2.50. The molecule has 0 amide bonds. The zero-order chi connectivity index (χ0) is 19.6. The highest BCUT2D eigenvalue weighted by Crippen LogP contribution is 2.44. The number of nitrogens with two attached hydrogens (primary N) is 1. The van der Waals surface area contributed by atoms with E-state index in [0.717, 1.165) is 62.4 Å². The lowest BCUT2D eigenvalue weighted by molar-refractivity contribution is -0.0214. The lowest BCUT2D eigenvalue weighted by Crippen LogP contribution is -2.51. The Hall–Kier alpha value is -2.55. The second-order valence-corrected chi connectivity index (χ2v) is 7.90. The van der Waals surface area contributed by atoms with Crippen LogP contribution in [0.3, 0.4) is 0 Å². The zero-order valence-corrected chi connectivity index (χ0v) is 16.4. The predicted octanol–water partition coefficient (Wildman–Crippen LogP) is 3.43. The minimum Gasteiger partial charge on any atom is -0.497 e. The molecule has 1 atom stereocenters. The molecule has 0 aliphatic carbocycles. The first kappa shape index (κ1) is 18.8. The maximum atomic E-state index is 8.90. The van der Waals surface area contributed by atoms with Crippen LogP contribution >= 0.6 is 0 Å². The van der Waals surface area contributed by atoms with E-state index >= 15 is 0 Å². The molecule has 0 aromatic heterocycles. The minimum atomic E-state index is -0.147. The fourth-order valence-electron chi connectivity index (χ4n) is 4.35. The lowest BCUT2D eigenvalue weighted by Gasteiger charge is -2.46. The average molecular weight is 377 g/mol. The van der Waals surface area contributed by atoms with Gasteiger partial charge in [-0.15, -0.1) is 0 Å². The van der Waals surface area contributed by atoms with Crippen molar-refractivity contribution < 1.29 is 9.47 Å². The van der Waals surface area contributed by atoms with Gasteiger partial charge in [0.15, 0.2) is 0 Å². The highest BCUT2D eigenvalue weighted by atomic mass is 16.5. The van der Waals surface area contributed by atoms with Crippen LogP contribution < -0.4 is 15.2 Å². The second-order valence-electron chi connectivity index (χ2n) is 7.90. The van der Waals surface area contributed by atoms with Crippen molar-refractivity contribution in [1.29, 1.82) is 5.26 Å². The van der Waals surface area contributed by atoms with Crippen LogP contribution in [0.25, 0.3) is 0 Å². The molecule has 0 bridgehead atoms. The summed E-state index contributed by atoms with van der Waals surface area (Å²) in [7, 11) is 1.67. The number of rotatable bonds is 4. The number of benzene rings is 2. The van der Waals surface area contributed by atoms with Crippen molar-refractivity contribution in [2.24, 2.45) is 5.73 Å². The standard InChI is InChI=1S/C23H27N3O2/c1-27-19-6-7-22-20(14-19)21(25)15-23(28-22)9-12-26(13-10-23)11-8-17-2-4-18(16-24)5-3-17/h2-7,14,21H,8-13,15,25H2,1H3/t21-/m0/s1. The van der Waals surface area contributed by atoms with Crippen molar-refractivity contribution in [1.82, 2.24) is 4.90 Å². The fraction of sp³-hybridized carbons (Fsp3) is 0.435. The Morgan fingerprint density at radius 2 is 1.96 bits per heavy atom. The molecule has 1 saturated heterocycles. The molecule has 146 valence electrons. The highest BCUT2D eigenvalue weighted by Gasteiger charge is 2.42. The van der Waals surface area contributed by atoms with Gasteiger partial charge in [0.1, 0.15) is 17.1 Å². The van der Waals surface area contributed by atoms with Gasteiger partial charge in [0.25, 0.3) is 0 Å². The second kappa shape index (κ2) is 7.83. The molecule has 4 rings (SSSR count). The molecule has 1 spiro atoms. The molecule has 2 aromatic carbocycles. The Morgan fingerprint density at radius 3 is 2.64 bits per heavy atom. The molecule has 0 radical (unpaired) electrons. The molecule has 2 heterocycles. The largest absolute Gasteiger partial charge is 0.497 e. The van der Waals surface area contributed by atoms with E-state index in [4.69, 9.17) is 20.5 Å². The smallest absolute Gasteiger partial charge is 0.125 e. The number of fused-ring (bicyclic) bond motifs is 1. The minimum absolute atomic E-state index is 0.0101. The van der Waals surface area contributed by atoms with Crippen molar-refractivity contribution in [2.75, 3.05) is 26.7 Å². The number of hydrogen-bond acceptors (Lipinski definition) is 5. The van der Waals surface area contributed by atoms with E-state index in [0.29, 0.717) is 5.56 Å². The first-order valence-electron chi connectivity index (χ1n) is 9.95. The van der Waals surface area contributed by atoms with Gasteiger partial charge < -0.3 is 20.1 Å². The summed E-state index contributed by atoms with van der Waals surface area (Å²) in [6.45, 7) is 3.07. The maximum absolute atomic E-state index is 8.90. The molecular weight excluding hydrogens is 350 g/mol. The highest BCUT2D eigenvalue weighted by molar-refractivity contribution is 5.44. The van der Waals surface area contributed by atoms with Crippen LogP contribution in [0.1, 0.15) is 42.0 Å². The summed E-state index contributed by atoms with van der Waals surface area (Å²) < 4.78 is 11.8. The molecule has 2 aromatic rings. The van der Waals surface area contributed by atoms with Crippen LogP contribution in [0.2, 0.25) is 0 Å². The summed E-state index contributed by atoms with van der Waals surface area (Å²) in [5, 5.41) is 8.90. The molecule has 5 nitrogen and oxygen atoms in total. The van der Waals surface area contributed by atoms with E-state index in [1.165, 1.54) is 5.56 Å². The van der Waals surface area contributed by atoms with E-state index in [9.17, 15) is 0 Å². The van der Waals surface area contributed by atoms with E-state index in [1.54, 1.807) is 7.11 Å². The van der Waals surface area contributed by atoms with Gasteiger partial charge in [-0.1, -0.05) is 12.1 Å². The molecule has 2 aliphatic rings. The van der Waals surface area contributed by atoms with E-state index < -0.39 is 0 Å². The first-order chi connectivity index (χ1) is 13.6. The van der Waals surface area contributed by atoms with Gasteiger partial charge in [-0.25, -0.2) is 0 Å². The molecule has 5 heteroatoms. The van der Waals surface area contributed by atoms with Gasteiger partial charge in [0.05, 0.1) is 18.7 Å². The molecule has 2 aliphatic heterocycles. The van der Waals surface area contributed by atoms with Crippen LogP contribution in [0, 0.1) is 11.3 Å². The normalized spacial score (nSPS) is 20.8. The summed E-state index contributed by atoms with van der Waals surface area (Å²) in [6.07, 6.45) is 3.86. The first-order valence-corrected chi connectivity index (χ1v) is 9.95. The molecule has 1 fully saturated rings. The molecule has 0 unspecified atom stereocenters. The Morgan fingerprint density at radius 1 is 1.21 bits per heavy atom. The number of nitriles is 1. The number of piperidine rings is 1. The fourth-order valence-corrected chi connectivity index (χ4v) is 4.35. The van der Waals surface area contributed by atoms with Crippen LogP contribution in [-0.2, 0) is 6.42 Å². The summed E-state index contributed by atoms with van der Waals surface area (Å²) in [6, 6.07) is 16.0. The third-order valence-electron chi connectivity index (χ3n) is 6.10. The van der Waals surface area contributed by atoms with Gasteiger partial charge >= 0.3 is 0 Å². The van der Waals surface area contributed by atoms with Crippen LogP contribution in [0.5, 0.6) is 11.5 Å². The number of hydrogen-bond donors (Lipinski definition) is 1. The predicted molar refractivity (Wildman–Crippen MR) is 108 cm³/mol. The van der Waals surface area contributed by atoms with Crippen molar-refractivity contribution >= 4 is 0 Å². The quantitative estimate of drug-likeness (QED) is 0.884. The SMILES string of the molecule is COc1ccc2c(c1)[C@@H](N)CC1(CCN(CCc3ccc(C#N)cc3)CC1)O2. The van der Waals surface area contributed by atoms with E-state index in [-0.39, 0.29) is 11.6 Å². The lowest BCUT2D eigenvalue weighted by atomic mass is 9.81. The average Bonchev–Trinajstić information content (AvgIpc) is 2.73. The van der Waals surface area contributed by atoms with Crippen molar-refractivity contribution in [3.8, 4) is 17.6 Å². The molecule has 2 N–H and O–H groups in total. The Balaban J connectivity index is 1.35. The van der Waals surface area contributed by atoms with Gasteiger partial charge in [-0.05, 0) is 55.2 Å². The van der Waals surface area contributed by atoms with Crippen molar-refractivity contribution in [3.63, 3.8) is 0 Å². The van der Waals surface area contributed by atoms with Crippen LogP contribution in [-0.4, -0.2) is 37.2 Å². The Labute approximate surface area is 166 Å². The van der Waals surface area contributed by atoms with Gasteiger partial charge in [-0.2, -0.15) is 5.26 Å². The topological polar surface area (TPSA) is 71.5 Å². The zero-order valence-electron chi connectivity index (χ0n) is 16.4. The summed E-state index contributed by atoms with van der Waals surface area (Å²) in [5.41, 5.74) is 9.39. The number of nitrogens with zero attached hydrogens (tertiary/aromatic N) is 2. The number of likely N-dealkylation sites (tertiary alicyclic amines) is 1. The summed E-state index contributed by atoms with van der Waals surface area (Å²) in [5.74, 6) is 1.73. The molecule has 28 heavy (non-hydrogen) atoms. The van der Waals surface area contributed by atoms with Crippen molar-refractivity contribution in [3.05, 3.63) is 59.2 Å². The van der Waals surface area contributed by atoms with Gasteiger partial charge in [0.2, 0.25) is 0 Å². The van der Waals surface area contributed by atoms with E-state index in [2.05, 4.69) is 23.1 Å². The maximum Gasteiger partial charge on any atom is 0.125 e. The number of ether oxygens (including phenoxy) is 2. The van der Waals surface area contributed by atoms with Gasteiger partial charge in [-0.3, -0.25) is 0 Å². The third-order valence-corrected chi connectivity index (χ3v) is 6.10. The van der Waals surface area contributed by atoms with Crippen LogP contribution in [0.4, 0.5) is 0 Å². The molecule has 0 saturated carbocycles. The van der Waals surface area contributed by atoms with Crippen molar-refractivity contribution in [2.45, 2.75) is 37.3 Å². The van der Waals surface area contributed by atoms with Crippen LogP contribution in [0.15, 0.2) is 42.5 Å².